The van der Waals surface area contributed by atoms with Gasteiger partial charge in [0.15, 0.2) is 0 Å². The van der Waals surface area contributed by atoms with Crippen LogP contribution < -0.4 is 0 Å². The van der Waals surface area contributed by atoms with Crippen molar-refractivity contribution in [3.63, 3.8) is 0 Å². The summed E-state index contributed by atoms with van der Waals surface area (Å²) in [5, 5.41) is 9.68. The van der Waals surface area contributed by atoms with Gasteiger partial charge in [0.25, 0.3) is 0 Å². The molecule has 0 aliphatic rings. The van der Waals surface area contributed by atoms with E-state index in [2.05, 4.69) is 31.3 Å². The van der Waals surface area contributed by atoms with E-state index in [4.69, 9.17) is 0 Å². The van der Waals surface area contributed by atoms with Gasteiger partial charge in [-0.15, -0.1) is 0 Å². The van der Waals surface area contributed by atoms with Gasteiger partial charge in [-0.05, 0) is 30.7 Å². The van der Waals surface area contributed by atoms with E-state index in [9.17, 15) is 5.11 Å². The number of nitrogens with zero attached hydrogens (tertiary/aromatic N) is 1. The molecule has 0 saturated heterocycles. The summed E-state index contributed by atoms with van der Waals surface area (Å²) in [6.45, 7) is 1.95. The normalized spacial score (nSPS) is 9.84. The van der Waals surface area contributed by atoms with Crippen LogP contribution in [-0.2, 0) is 15.0 Å². The third-order valence-corrected chi connectivity index (χ3v) is 2.40. The Morgan fingerprint density at radius 2 is 1.68 bits per heavy atom. The Bertz CT molecular complexity index is 512. The molecule has 5 heteroatoms. The summed E-state index contributed by atoms with van der Waals surface area (Å²) in [7, 11) is 0. The number of aryl methyl sites for hydroxylation is 1. The van der Waals surface area contributed by atoms with Crippen molar-refractivity contribution < 1.29 is 20.1 Å². The van der Waals surface area contributed by atoms with Gasteiger partial charge in [-0.3, -0.25) is 4.99 Å². The first-order chi connectivity index (χ1) is 9.19. The van der Waals surface area contributed by atoms with E-state index in [1.54, 1.807) is 12.3 Å². The van der Waals surface area contributed by atoms with E-state index in [1.807, 2.05) is 49.4 Å². The molecule has 2 aromatic rings. The van der Waals surface area contributed by atoms with Crippen LogP contribution in [0, 0.1) is 6.92 Å². The molecular weight excluding hydrogens is 406 g/mol. The number of hydrogen-bond acceptors (Lipinski definition) is 2. The van der Waals surface area contributed by atoms with E-state index < -0.39 is 0 Å². The first-order valence-electron chi connectivity index (χ1n) is 5.53. The maximum absolute atomic E-state index is 9.68. The molecule has 1 N–H and O–H groups in total. The second-order valence-electron chi connectivity index (χ2n) is 3.67. The quantitative estimate of drug-likeness (QED) is 0.531. The molecule has 19 heavy (non-hydrogen) atoms. The Kier molecular flexibility index (Phi) is 8.30. The van der Waals surface area contributed by atoms with Crippen LogP contribution in [0.2, 0.25) is 0 Å². The van der Waals surface area contributed by atoms with Crippen molar-refractivity contribution in [3.05, 3.63) is 59.7 Å². The van der Waals surface area contributed by atoms with Crippen LogP contribution in [0.3, 0.4) is 0 Å². The fourth-order valence-electron chi connectivity index (χ4n) is 1.49. The van der Waals surface area contributed by atoms with Gasteiger partial charge in [0.05, 0.1) is 5.69 Å². The Labute approximate surface area is 135 Å². The average Bonchev–Trinajstić information content (AvgIpc) is 2.40. The zero-order valence-corrected chi connectivity index (χ0v) is 15.1. The molecule has 0 bridgehead atoms. The van der Waals surface area contributed by atoms with E-state index >= 15 is 0 Å². The van der Waals surface area contributed by atoms with Crippen molar-refractivity contribution >= 4 is 38.2 Å². The van der Waals surface area contributed by atoms with Crippen molar-refractivity contribution in [2.45, 2.75) is 6.92 Å². The first-order valence-corrected chi connectivity index (χ1v) is 13.2. The average molecular weight is 419 g/mol. The van der Waals surface area contributed by atoms with Crippen LogP contribution in [0.15, 0.2) is 53.5 Å². The van der Waals surface area contributed by atoms with Gasteiger partial charge in [-0.25, -0.2) is 0 Å². The van der Waals surface area contributed by atoms with Gasteiger partial charge in [0.1, 0.15) is 5.75 Å². The van der Waals surface area contributed by atoms with E-state index in [1.165, 1.54) is 0 Å². The molecule has 0 aliphatic carbocycles. The molecule has 0 saturated carbocycles. The van der Waals surface area contributed by atoms with Crippen LogP contribution >= 0.6 is 26.3 Å². The second kappa shape index (κ2) is 9.48. The van der Waals surface area contributed by atoms with Gasteiger partial charge < -0.3 is 5.11 Å². The van der Waals surface area contributed by atoms with Gasteiger partial charge in [0.2, 0.25) is 0 Å². The summed E-state index contributed by atoms with van der Waals surface area (Å²) in [5.74, 6) is 0.264. The Hall–Kier alpha value is -0.416. The van der Waals surface area contributed by atoms with Crippen molar-refractivity contribution in [2.75, 3.05) is 0 Å². The molecule has 2 nitrogen and oxygen atoms in total. The van der Waals surface area contributed by atoms with Gasteiger partial charge in [-0.1, -0.05) is 30.3 Å². The Morgan fingerprint density at radius 3 is 2.26 bits per heavy atom. The molecule has 0 aromatic heterocycles. The third kappa shape index (κ3) is 6.04. The first kappa shape index (κ1) is 16.6. The molecule has 0 aliphatic heterocycles. The van der Waals surface area contributed by atoms with Crippen molar-refractivity contribution in [1.82, 2.24) is 0 Å². The van der Waals surface area contributed by atoms with E-state index in [0.29, 0.717) is 0 Å². The molecule has 0 spiro atoms. The number of rotatable bonds is 2. The van der Waals surface area contributed by atoms with Gasteiger partial charge in [0, 0.05) is 11.8 Å². The SMILES string of the molecule is Cc1cccc(O)c1C=Nc1ccccc1.[Br][Ti][Br]. The molecule has 0 radical (unpaired) electrons. The predicted octanol–water partition coefficient (Wildman–Crippen LogP) is 5.14. The van der Waals surface area contributed by atoms with Crippen molar-refractivity contribution in [2.24, 2.45) is 4.99 Å². The molecule has 0 unspecified atom stereocenters. The zero-order valence-electron chi connectivity index (χ0n) is 10.3. The monoisotopic (exact) mass is 417 g/mol. The second-order valence-corrected chi connectivity index (χ2v) is 11.6. The van der Waals surface area contributed by atoms with Crippen LogP contribution in [0.1, 0.15) is 11.1 Å². The number of hydrogen-bond donors (Lipinski definition) is 1. The molecule has 0 amide bonds. The van der Waals surface area contributed by atoms with Crippen LogP contribution in [0.5, 0.6) is 5.75 Å². The number of phenols is 1. The van der Waals surface area contributed by atoms with Crippen LogP contribution in [-0.4, -0.2) is 11.3 Å². The number of benzene rings is 2. The van der Waals surface area contributed by atoms with E-state index in [-0.39, 0.29) is 20.7 Å². The summed E-state index contributed by atoms with van der Waals surface area (Å²) in [6.07, 6.45) is 1.69. The number of aromatic hydroxyl groups is 1. The van der Waals surface area contributed by atoms with Crippen LogP contribution in [0.4, 0.5) is 5.69 Å². The molecule has 0 atom stereocenters. The molecule has 2 rings (SSSR count). The Balaban J connectivity index is 0.000000550. The molecule has 0 fully saturated rings. The molecule has 0 heterocycles. The number of aliphatic imine (C=N–C) groups is 1. The van der Waals surface area contributed by atoms with Crippen LogP contribution in [0.25, 0.3) is 0 Å². The van der Waals surface area contributed by atoms with E-state index in [0.717, 1.165) is 16.8 Å². The molecular formula is C14H13Br2NOTi. The summed E-state index contributed by atoms with van der Waals surface area (Å²) in [4.78, 5) is 4.31. The summed E-state index contributed by atoms with van der Waals surface area (Å²) >= 11 is 6.50. The third-order valence-electron chi connectivity index (χ3n) is 2.40. The minimum absolute atomic E-state index is 0.125. The zero-order chi connectivity index (χ0) is 14.1. The van der Waals surface area contributed by atoms with Crippen molar-refractivity contribution in [1.29, 1.82) is 0 Å². The summed E-state index contributed by atoms with van der Waals surface area (Å²) in [5.41, 5.74) is 2.66. The topological polar surface area (TPSA) is 32.6 Å². The predicted molar refractivity (Wildman–Crippen MR) is 84.4 cm³/mol. The van der Waals surface area contributed by atoms with Crippen molar-refractivity contribution in [3.8, 4) is 5.75 Å². The van der Waals surface area contributed by atoms with Gasteiger partial charge in [-0.2, -0.15) is 0 Å². The fourth-order valence-corrected chi connectivity index (χ4v) is 1.49. The standard InChI is InChI=1S/C14H13NO.2BrH.Ti/c1-11-6-5-9-14(16)13(11)10-15-12-7-3-2-4-8-12;;;/h2-10,16H,1H3;2*1H;/q;;;+2/p-2. The number of halogens is 2. The molecule has 98 valence electrons. The maximum atomic E-state index is 9.68. The summed E-state index contributed by atoms with van der Waals surface area (Å²) < 4.78 is 0. The van der Waals surface area contributed by atoms with Gasteiger partial charge >= 0.3 is 41.3 Å². The fraction of sp³-hybridized carbons (Fsp3) is 0.0714. The number of para-hydroxylation sites is 1. The number of phenolic OH excluding ortho intramolecular Hbond substituents is 1. The minimum atomic E-state index is 0.125. The molecule has 2 aromatic carbocycles. The Morgan fingerprint density at radius 1 is 1.05 bits per heavy atom. The summed E-state index contributed by atoms with van der Waals surface area (Å²) in [6, 6.07) is 15.1.